The molecular weight excluding hydrogens is 707 g/mol. The van der Waals surface area contributed by atoms with Crippen LogP contribution in [0.4, 0.5) is 0 Å². The molecule has 4 heterocycles. The summed E-state index contributed by atoms with van der Waals surface area (Å²) in [4.78, 5) is 13.2. The van der Waals surface area contributed by atoms with Crippen LogP contribution in [0.1, 0.15) is 40.2 Å². The van der Waals surface area contributed by atoms with Crippen molar-refractivity contribution >= 4 is 22.1 Å². The molecule has 0 N–H and O–H groups in total. The summed E-state index contributed by atoms with van der Waals surface area (Å²) in [5.41, 5.74) is 6.96. The van der Waals surface area contributed by atoms with Crippen LogP contribution in [0.2, 0.25) is 0 Å². The SMILES string of the molecule is [2H]C([2H])([2H])c1ccc(-c2[c-]cccc2)nc1.[2H]C([2H])([2H])c1cnc(-c2[c-]ccc3c2oc2nc(-c4c(C)cccc4C)ccc23)cc1C([2H])([2H])[2H].[Ir]. The Balaban J connectivity index is 0.000000258. The van der Waals surface area contributed by atoms with Crippen molar-refractivity contribution in [1.29, 1.82) is 0 Å². The van der Waals surface area contributed by atoms with Crippen LogP contribution in [0.5, 0.6) is 0 Å². The van der Waals surface area contributed by atoms with E-state index >= 15 is 0 Å². The van der Waals surface area contributed by atoms with Crippen LogP contribution >= 0.6 is 0 Å². The largest absolute Gasteiger partial charge is 0.486 e. The zero-order chi connectivity index (χ0) is 36.7. The second kappa shape index (κ2) is 12.8. The van der Waals surface area contributed by atoms with E-state index in [1.54, 1.807) is 24.3 Å². The molecule has 0 aliphatic rings. The molecule has 215 valence electrons. The summed E-state index contributed by atoms with van der Waals surface area (Å²) >= 11 is 0. The van der Waals surface area contributed by atoms with Crippen LogP contribution in [0.25, 0.3) is 55.8 Å². The number of hydrogen-bond acceptors (Lipinski definition) is 4. The third-order valence-corrected chi connectivity index (χ3v) is 6.94. The van der Waals surface area contributed by atoms with Crippen molar-refractivity contribution in [3.8, 4) is 33.8 Å². The zero-order valence-corrected chi connectivity index (χ0v) is 25.7. The number of benzene rings is 3. The minimum Gasteiger partial charge on any atom is -0.486 e. The summed E-state index contributed by atoms with van der Waals surface area (Å²) in [6, 6.07) is 31.7. The monoisotopic (exact) mass is 747 g/mol. The molecule has 5 heteroatoms. The van der Waals surface area contributed by atoms with Gasteiger partial charge >= 0.3 is 0 Å². The van der Waals surface area contributed by atoms with Gasteiger partial charge in [0, 0.05) is 55.8 Å². The number of rotatable bonds is 3. The van der Waals surface area contributed by atoms with Gasteiger partial charge in [0.25, 0.3) is 0 Å². The van der Waals surface area contributed by atoms with Gasteiger partial charge in [-0.15, -0.1) is 54.1 Å². The predicted octanol–water partition coefficient (Wildman–Crippen LogP) is 9.60. The smallest absolute Gasteiger partial charge is 0.216 e. The molecule has 0 fully saturated rings. The number of pyridine rings is 3. The summed E-state index contributed by atoms with van der Waals surface area (Å²) in [5, 5.41) is 1.59. The van der Waals surface area contributed by atoms with Crippen molar-refractivity contribution in [2.45, 2.75) is 34.4 Å². The third-order valence-electron chi connectivity index (χ3n) is 6.94. The molecule has 43 heavy (non-hydrogen) atoms. The fourth-order valence-electron chi connectivity index (χ4n) is 4.87. The van der Waals surface area contributed by atoms with E-state index in [4.69, 9.17) is 21.7 Å². The Morgan fingerprint density at radius 1 is 0.674 bits per heavy atom. The van der Waals surface area contributed by atoms with E-state index in [2.05, 4.69) is 22.1 Å². The average Bonchev–Trinajstić information content (AvgIpc) is 3.46. The molecular formula is C38H31IrN3O-2. The average molecular weight is 747 g/mol. The van der Waals surface area contributed by atoms with Crippen LogP contribution in [-0.2, 0) is 20.1 Å². The molecule has 0 bridgehead atoms. The topological polar surface area (TPSA) is 51.8 Å². The van der Waals surface area contributed by atoms with Gasteiger partial charge in [0.1, 0.15) is 0 Å². The molecule has 0 amide bonds. The molecule has 0 aliphatic carbocycles. The molecule has 0 aliphatic heterocycles. The summed E-state index contributed by atoms with van der Waals surface area (Å²) in [6.45, 7) is -3.23. The molecule has 4 aromatic heterocycles. The summed E-state index contributed by atoms with van der Waals surface area (Å²) in [6.07, 6.45) is 2.50. The Labute approximate surface area is 278 Å². The van der Waals surface area contributed by atoms with E-state index in [1.165, 1.54) is 12.3 Å². The number of furan rings is 1. The molecule has 0 saturated carbocycles. The first-order chi connectivity index (χ1) is 24.0. The second-order valence-electron chi connectivity index (χ2n) is 9.84. The molecule has 4 nitrogen and oxygen atoms in total. The van der Waals surface area contributed by atoms with Crippen LogP contribution in [0.15, 0.2) is 102 Å². The fraction of sp³-hybridized carbons (Fsp3) is 0.132. The minimum absolute atomic E-state index is 0. The summed E-state index contributed by atoms with van der Waals surface area (Å²) < 4.78 is 74.5. The van der Waals surface area contributed by atoms with Crippen LogP contribution in [0, 0.1) is 46.5 Å². The van der Waals surface area contributed by atoms with E-state index in [0.717, 1.165) is 50.6 Å². The van der Waals surface area contributed by atoms with Crippen molar-refractivity contribution in [2.24, 2.45) is 0 Å². The Morgan fingerprint density at radius 2 is 1.49 bits per heavy atom. The van der Waals surface area contributed by atoms with Crippen LogP contribution in [-0.4, -0.2) is 15.0 Å². The predicted molar refractivity (Wildman–Crippen MR) is 171 cm³/mol. The van der Waals surface area contributed by atoms with Gasteiger partial charge in [-0.1, -0.05) is 52.9 Å². The van der Waals surface area contributed by atoms with Crippen molar-refractivity contribution in [3.05, 3.63) is 137 Å². The zero-order valence-electron chi connectivity index (χ0n) is 32.3. The van der Waals surface area contributed by atoms with Crippen molar-refractivity contribution < 1.29 is 36.9 Å². The quantitative estimate of drug-likeness (QED) is 0.169. The Hall–Kier alpha value is -4.44. The number of aryl methyl sites for hydroxylation is 5. The van der Waals surface area contributed by atoms with E-state index in [0.29, 0.717) is 16.9 Å². The van der Waals surface area contributed by atoms with E-state index in [1.807, 2.05) is 68.4 Å². The van der Waals surface area contributed by atoms with Gasteiger partial charge in [-0.2, -0.15) is 0 Å². The van der Waals surface area contributed by atoms with Gasteiger partial charge in [-0.3, -0.25) is 0 Å². The summed E-state index contributed by atoms with van der Waals surface area (Å²) in [7, 11) is 0. The van der Waals surface area contributed by atoms with E-state index in [-0.39, 0.29) is 42.5 Å². The molecule has 7 rings (SSSR count). The van der Waals surface area contributed by atoms with Gasteiger partial charge in [-0.05, 0) is 80.2 Å². The first-order valence-electron chi connectivity index (χ1n) is 17.8. The number of fused-ring (bicyclic) bond motifs is 3. The maximum absolute atomic E-state index is 7.86. The standard InChI is InChI=1S/C26H21N2O.C12H10N.Ir/c1-15-7-5-8-16(2)24(15)22-12-11-20-19-9-6-10-21(25(19)29-26(20)28-22)23-13-17(3)18(4)14-27-23;1-10-7-8-12(13-9-10)11-5-3-2-4-6-11;/h5-9,11-14H,1-4H3;2-5,7-9H,1H3;/q2*-1;/i3D3,4D3;1D3;. The van der Waals surface area contributed by atoms with Gasteiger partial charge in [0.05, 0.1) is 11.3 Å². The third kappa shape index (κ3) is 6.19. The second-order valence-corrected chi connectivity index (χ2v) is 9.84. The van der Waals surface area contributed by atoms with Crippen molar-refractivity contribution in [3.63, 3.8) is 0 Å². The van der Waals surface area contributed by atoms with Crippen molar-refractivity contribution in [1.82, 2.24) is 15.0 Å². The Bertz CT molecular complexity index is 2330. The maximum atomic E-state index is 7.86. The number of hydrogen-bond donors (Lipinski definition) is 0. The maximum Gasteiger partial charge on any atom is 0.216 e. The van der Waals surface area contributed by atoms with Gasteiger partial charge in [0.15, 0.2) is 0 Å². The first-order valence-corrected chi connectivity index (χ1v) is 13.3. The summed E-state index contributed by atoms with van der Waals surface area (Å²) in [5.74, 6) is 0. The van der Waals surface area contributed by atoms with Gasteiger partial charge < -0.3 is 14.4 Å². The molecule has 0 unspecified atom stereocenters. The molecule has 0 atom stereocenters. The molecule has 1 radical (unpaired) electrons. The molecule has 7 aromatic rings. The molecule has 3 aromatic carbocycles. The number of aromatic nitrogens is 3. The first kappa shape index (κ1) is 20.5. The van der Waals surface area contributed by atoms with Crippen molar-refractivity contribution in [2.75, 3.05) is 0 Å². The van der Waals surface area contributed by atoms with Gasteiger partial charge in [0.2, 0.25) is 5.71 Å². The minimum atomic E-state index is -2.62. The van der Waals surface area contributed by atoms with Crippen LogP contribution in [0.3, 0.4) is 0 Å². The Kier molecular flexibility index (Phi) is 6.10. The van der Waals surface area contributed by atoms with Crippen LogP contribution < -0.4 is 0 Å². The van der Waals surface area contributed by atoms with E-state index < -0.39 is 20.6 Å². The number of nitrogens with zero attached hydrogens (tertiary/aromatic N) is 3. The normalized spacial score (nSPS) is 14.7. The van der Waals surface area contributed by atoms with Gasteiger partial charge in [-0.25, -0.2) is 4.98 Å². The van der Waals surface area contributed by atoms with E-state index in [9.17, 15) is 0 Å². The molecule has 0 saturated heterocycles. The molecule has 0 spiro atoms. The fourth-order valence-corrected chi connectivity index (χ4v) is 4.87. The Morgan fingerprint density at radius 3 is 2.21 bits per heavy atom.